The number of unbranched alkanes of at least 4 members (excludes halogenated alkanes) is 35. The Morgan fingerprint density at radius 2 is 0.662 bits per heavy atom. The fourth-order valence-electron chi connectivity index (χ4n) is 11.1. The van der Waals surface area contributed by atoms with Gasteiger partial charge in [-0.1, -0.05) is 277 Å². The second-order valence-electron chi connectivity index (χ2n) is 22.3. The normalized spacial score (nSPS) is 13.2. The molecule has 0 atom stereocenters. The van der Waals surface area contributed by atoms with E-state index in [9.17, 15) is 5.53 Å². The van der Waals surface area contributed by atoms with Crippen molar-refractivity contribution in [1.29, 1.82) is 0 Å². The molecule has 0 N–H and O–H groups in total. The lowest BCUT2D eigenvalue weighted by Crippen LogP contribution is -2.05. The summed E-state index contributed by atoms with van der Waals surface area (Å²) >= 11 is 0. The molecule has 0 saturated heterocycles. The van der Waals surface area contributed by atoms with E-state index in [0.29, 0.717) is 0 Å². The molecule has 2 aromatic carbocycles. The zero-order valence-corrected chi connectivity index (χ0v) is 48.1. The van der Waals surface area contributed by atoms with Gasteiger partial charge < -0.3 is 5.53 Å². The third kappa shape index (κ3) is 27.7. The zero-order valence-electron chi connectivity index (χ0n) is 48.1. The lowest BCUT2D eigenvalue weighted by Gasteiger charge is -2.14. The van der Waals surface area contributed by atoms with Gasteiger partial charge >= 0.3 is 0 Å². The molecule has 0 aliphatic carbocycles. The molecule has 2 nitrogen and oxygen atoms in total. The predicted molar refractivity (Wildman–Crippen MR) is 319 cm³/mol. The number of benzene rings is 2. The topological polar surface area (TPSA) is 25.3 Å². The Morgan fingerprint density at radius 1 is 0.338 bits per heavy atom. The molecule has 400 valence electrons. The lowest BCUT2D eigenvalue weighted by molar-refractivity contribution is -0.345. The number of hydrogen-bond donors (Lipinski definition) is 0. The molecule has 1 aliphatic heterocycles. The summed E-state index contributed by atoms with van der Waals surface area (Å²) in [5.41, 5.74) is 24.9. The van der Waals surface area contributed by atoms with Crippen LogP contribution >= 0.6 is 0 Å². The molecule has 0 bridgehead atoms. The highest BCUT2D eigenvalue weighted by atomic mass is 15.2. The van der Waals surface area contributed by atoms with E-state index in [2.05, 4.69) is 102 Å². The van der Waals surface area contributed by atoms with Crippen LogP contribution in [0.15, 0.2) is 59.7 Å². The minimum Gasteiger partial charge on any atom is -0.493 e. The van der Waals surface area contributed by atoms with Crippen molar-refractivity contribution in [3.63, 3.8) is 0 Å². The van der Waals surface area contributed by atoms with Gasteiger partial charge in [0, 0.05) is 22.3 Å². The van der Waals surface area contributed by atoms with Gasteiger partial charge in [-0.25, -0.2) is 4.70 Å². The van der Waals surface area contributed by atoms with Gasteiger partial charge in [0.25, 0.3) is 0 Å². The molecule has 0 spiro atoms. The second kappa shape index (κ2) is 42.4. The third-order valence-electron chi connectivity index (χ3n) is 15.6. The maximum absolute atomic E-state index is 12.7. The van der Waals surface area contributed by atoms with Crippen LogP contribution in [0.1, 0.15) is 338 Å². The smallest absolute Gasteiger partial charge is 0.211 e. The second-order valence-corrected chi connectivity index (χ2v) is 22.3. The fourth-order valence-corrected chi connectivity index (χ4v) is 11.1. The van der Waals surface area contributed by atoms with Crippen LogP contribution in [-0.4, -0.2) is 4.70 Å². The fraction of sp³-hybridized carbons (Fsp3) is 0.710. The Balaban J connectivity index is 1.80. The standard InChI is InChI=1S/C69H114N2/c1-7-12-17-21-25-27-29-31-33-35-37-39-43-47-49-61-54-62(50-48-44-40-38-36-34-32-30-28-26-22-18-13-8-2)57-65(56-61)68-60(6)67(53-16-11-5)69(71(68)70)66-58-63(51-45-41-23-19-14-9-3)55-64(59-66)52-46-42-24-20-15-10-4/h47-50,54-59H,7-46,51-53H2,1-6H3. The number of hydrogen-bond acceptors (Lipinski definition) is 0. The molecule has 0 aromatic heterocycles. The highest BCUT2D eigenvalue weighted by Gasteiger charge is 2.34. The Kier molecular flexibility index (Phi) is 37.2. The average Bonchev–Trinajstić information content (AvgIpc) is 3.63. The van der Waals surface area contributed by atoms with Crippen molar-refractivity contribution >= 4 is 23.5 Å². The lowest BCUT2D eigenvalue weighted by atomic mass is 9.93. The molecule has 2 heteroatoms. The molecule has 3 rings (SSSR count). The van der Waals surface area contributed by atoms with Gasteiger partial charge in [-0.05, 0) is 124 Å². The van der Waals surface area contributed by atoms with E-state index in [4.69, 9.17) is 0 Å². The Hall–Kier alpha value is -3.00. The van der Waals surface area contributed by atoms with Crippen LogP contribution in [0.3, 0.4) is 0 Å². The number of nitrogens with zero attached hydrogens (tertiary/aromatic N) is 2. The number of rotatable bonds is 47. The van der Waals surface area contributed by atoms with Gasteiger partial charge in [0.1, 0.15) is 0 Å². The highest BCUT2D eigenvalue weighted by molar-refractivity contribution is 5.83. The van der Waals surface area contributed by atoms with Crippen molar-refractivity contribution in [2.75, 3.05) is 0 Å². The van der Waals surface area contributed by atoms with Gasteiger partial charge in [-0.2, -0.15) is 0 Å². The quantitative estimate of drug-likeness (QED) is 0.0467. The van der Waals surface area contributed by atoms with Gasteiger partial charge in [0.05, 0.1) is 0 Å². The molecule has 0 saturated carbocycles. The molecule has 2 aromatic rings. The van der Waals surface area contributed by atoms with E-state index in [1.54, 1.807) is 4.70 Å². The molecule has 1 heterocycles. The molecule has 0 amide bonds. The first kappa shape index (κ1) is 62.3. The van der Waals surface area contributed by atoms with Crippen LogP contribution < -0.4 is 0 Å². The molecular formula is C69H114N2. The molecular weight excluding hydrogens is 857 g/mol. The zero-order chi connectivity index (χ0) is 50.8. The molecule has 0 fully saturated rings. The minimum atomic E-state index is 0.969. The summed E-state index contributed by atoms with van der Waals surface area (Å²) in [6, 6.07) is 14.5. The number of aryl methyl sites for hydroxylation is 2. The summed E-state index contributed by atoms with van der Waals surface area (Å²) in [6.45, 7) is 13.8. The van der Waals surface area contributed by atoms with E-state index in [0.717, 1.165) is 61.9 Å². The van der Waals surface area contributed by atoms with Crippen molar-refractivity contribution in [3.8, 4) is 0 Å². The Labute approximate surface area is 442 Å². The van der Waals surface area contributed by atoms with Crippen molar-refractivity contribution in [2.45, 2.75) is 318 Å². The summed E-state index contributed by atoms with van der Waals surface area (Å²) in [6.07, 6.45) is 66.4. The van der Waals surface area contributed by atoms with Crippen LogP contribution in [0.5, 0.6) is 0 Å². The average molecular weight is 972 g/mol. The summed E-state index contributed by atoms with van der Waals surface area (Å²) in [4.78, 5) is 0. The molecule has 0 unspecified atom stereocenters. The van der Waals surface area contributed by atoms with Gasteiger partial charge in [0.15, 0.2) is 0 Å². The van der Waals surface area contributed by atoms with Crippen LogP contribution in [0.2, 0.25) is 0 Å². The van der Waals surface area contributed by atoms with Gasteiger partial charge in [0.2, 0.25) is 11.4 Å². The maximum atomic E-state index is 12.7. The van der Waals surface area contributed by atoms with Crippen LogP contribution in [0.25, 0.3) is 29.1 Å². The van der Waals surface area contributed by atoms with Crippen molar-refractivity contribution in [3.05, 3.63) is 98.6 Å². The van der Waals surface area contributed by atoms with Crippen molar-refractivity contribution in [2.24, 2.45) is 0 Å². The van der Waals surface area contributed by atoms with E-state index < -0.39 is 0 Å². The monoisotopic (exact) mass is 971 g/mol. The SMILES string of the molecule is CCCCCCCCCCCCCCC=Cc1cc(C=CCCCCCCCCCCCCCC)cc(C2=C(C)C(CCCC)=C(c3cc(CCCCCCCC)cc(CCCCCCCC)c3)[N+]2=[N-])c1. The largest absolute Gasteiger partial charge is 0.493 e. The van der Waals surface area contributed by atoms with Crippen LogP contribution in [0.4, 0.5) is 0 Å². The van der Waals surface area contributed by atoms with Crippen LogP contribution in [0, 0.1) is 0 Å². The van der Waals surface area contributed by atoms with Gasteiger partial charge in [-0.15, -0.1) is 0 Å². The van der Waals surface area contributed by atoms with E-state index in [1.807, 2.05) is 0 Å². The van der Waals surface area contributed by atoms with Gasteiger partial charge in [-0.3, -0.25) is 0 Å². The molecule has 0 radical (unpaired) electrons. The third-order valence-corrected chi connectivity index (χ3v) is 15.6. The van der Waals surface area contributed by atoms with E-state index in [1.165, 1.54) is 270 Å². The van der Waals surface area contributed by atoms with Crippen LogP contribution in [-0.2, 0) is 12.8 Å². The summed E-state index contributed by atoms with van der Waals surface area (Å²) in [7, 11) is 0. The Bertz CT molecular complexity index is 1690. The first-order valence-corrected chi connectivity index (χ1v) is 31.5. The minimum absolute atomic E-state index is 0.969. The van der Waals surface area contributed by atoms with Crippen molar-refractivity contribution < 1.29 is 4.70 Å². The van der Waals surface area contributed by atoms with E-state index in [-0.39, 0.29) is 0 Å². The highest BCUT2D eigenvalue weighted by Crippen LogP contribution is 2.43. The first-order chi connectivity index (χ1) is 35.0. The van der Waals surface area contributed by atoms with E-state index >= 15 is 0 Å². The summed E-state index contributed by atoms with van der Waals surface area (Å²) < 4.78 is 1.62. The summed E-state index contributed by atoms with van der Waals surface area (Å²) in [5, 5.41) is 0. The first-order valence-electron chi connectivity index (χ1n) is 31.5. The maximum Gasteiger partial charge on any atom is 0.211 e. The van der Waals surface area contributed by atoms with Crippen molar-refractivity contribution in [1.82, 2.24) is 0 Å². The molecule has 71 heavy (non-hydrogen) atoms. The number of allylic oxidation sites excluding steroid dienone is 4. The summed E-state index contributed by atoms with van der Waals surface area (Å²) in [5.74, 6) is 0. The Morgan fingerprint density at radius 3 is 1.03 bits per heavy atom. The molecule has 1 aliphatic rings. The predicted octanol–water partition coefficient (Wildman–Crippen LogP) is 24.1.